The second-order valence-electron chi connectivity index (χ2n) is 9.84. The van der Waals surface area contributed by atoms with Gasteiger partial charge in [-0.25, -0.2) is 26.0 Å². The monoisotopic (exact) mass is 645 g/mol. The highest BCUT2D eigenvalue weighted by molar-refractivity contribution is 6.32. The van der Waals surface area contributed by atoms with Crippen LogP contribution < -0.4 is 17.1 Å². The van der Waals surface area contributed by atoms with Crippen molar-refractivity contribution in [1.82, 2.24) is 15.1 Å². The minimum Gasteiger partial charge on any atom is -0.434 e. The SMILES string of the molecule is CCCCc1nc(Cl)c(C(=O)OC(C)OC(=O)OCC[C@@H](C)O[N+](=O)[O-])n1Cc1ccc(-c2ccccc2/C(N)=N/NN)cc1. The number of benzene rings is 2. The Hall–Kier alpha value is -4.89. The number of hydrogen-bond donors (Lipinski definition) is 3. The normalized spacial score (nSPS) is 12.6. The van der Waals surface area contributed by atoms with Gasteiger partial charge in [-0.15, -0.1) is 15.2 Å². The summed E-state index contributed by atoms with van der Waals surface area (Å²) in [5, 5.41) is 13.3. The maximum absolute atomic E-state index is 13.2. The third-order valence-corrected chi connectivity index (χ3v) is 6.75. The highest BCUT2D eigenvalue weighted by Gasteiger charge is 2.26. The van der Waals surface area contributed by atoms with Crippen LogP contribution in [-0.4, -0.2) is 51.6 Å². The van der Waals surface area contributed by atoms with Crippen LogP contribution in [0.5, 0.6) is 0 Å². The maximum atomic E-state index is 13.2. The smallest absolute Gasteiger partial charge is 0.434 e. The second-order valence-corrected chi connectivity index (χ2v) is 10.2. The van der Waals surface area contributed by atoms with Crippen molar-refractivity contribution in [1.29, 1.82) is 0 Å². The lowest BCUT2D eigenvalue weighted by atomic mass is 9.98. The van der Waals surface area contributed by atoms with E-state index in [1.54, 1.807) is 4.57 Å². The van der Waals surface area contributed by atoms with Crippen LogP contribution in [0.3, 0.4) is 0 Å². The van der Waals surface area contributed by atoms with Gasteiger partial charge < -0.3 is 29.3 Å². The third-order valence-electron chi connectivity index (χ3n) is 6.49. The van der Waals surface area contributed by atoms with Crippen LogP contribution in [0.15, 0.2) is 53.6 Å². The number of imidazole rings is 1. The van der Waals surface area contributed by atoms with Crippen LogP contribution >= 0.6 is 11.6 Å². The Morgan fingerprint density at radius 2 is 1.87 bits per heavy atom. The standard InChI is InChI=1S/C29H36ClN7O8/c1-4-5-10-24-33-26(30)25(28(38)43-19(3)44-29(39)42-16-15-18(2)45-37(40)41)36(24)17-20-11-13-21(14-12-20)22-8-6-7-9-23(22)27(31)34-35-32/h6-9,11-14,18-19,35H,4-5,10,15-17,32H2,1-3H3,(H2,31,34)/t18-,19?/m1/s1. The number of nitrogens with zero attached hydrogens (tertiary/aromatic N) is 4. The summed E-state index contributed by atoms with van der Waals surface area (Å²) in [6.45, 7) is 4.88. The molecule has 3 rings (SSSR count). The molecule has 0 fully saturated rings. The zero-order valence-electron chi connectivity index (χ0n) is 25.1. The summed E-state index contributed by atoms with van der Waals surface area (Å²) >= 11 is 6.43. The number of ether oxygens (including phenoxy) is 3. The first-order chi connectivity index (χ1) is 21.5. The molecule has 1 aromatic heterocycles. The molecule has 242 valence electrons. The average molecular weight is 646 g/mol. The summed E-state index contributed by atoms with van der Waals surface area (Å²) in [7, 11) is 0. The molecule has 0 aliphatic heterocycles. The number of carbonyl (C=O) groups excluding carboxylic acids is 2. The first-order valence-corrected chi connectivity index (χ1v) is 14.5. The molecule has 0 amide bonds. The van der Waals surface area contributed by atoms with Crippen molar-refractivity contribution in [2.45, 2.75) is 65.4 Å². The predicted octanol–water partition coefficient (Wildman–Crippen LogP) is 4.32. The molecule has 16 heteroatoms. The lowest BCUT2D eigenvalue weighted by Gasteiger charge is -2.16. The number of carbonyl (C=O) groups is 2. The number of nitrogens with one attached hydrogen (secondary N) is 1. The van der Waals surface area contributed by atoms with Gasteiger partial charge in [-0.3, -0.25) is 0 Å². The zero-order valence-corrected chi connectivity index (χ0v) is 25.9. The number of aryl methyl sites for hydroxylation is 1. The van der Waals surface area contributed by atoms with Gasteiger partial charge in [0.1, 0.15) is 11.9 Å². The summed E-state index contributed by atoms with van der Waals surface area (Å²) < 4.78 is 16.9. The number of halogens is 1. The molecular weight excluding hydrogens is 610 g/mol. The first kappa shape index (κ1) is 34.6. The van der Waals surface area contributed by atoms with E-state index in [4.69, 9.17) is 37.4 Å². The molecule has 2 atom stereocenters. The minimum absolute atomic E-state index is 0.00466. The van der Waals surface area contributed by atoms with E-state index in [0.29, 0.717) is 17.8 Å². The molecule has 1 unspecified atom stereocenters. The molecule has 15 nitrogen and oxygen atoms in total. The van der Waals surface area contributed by atoms with Crippen molar-refractivity contribution in [2.24, 2.45) is 16.7 Å². The van der Waals surface area contributed by atoms with Gasteiger partial charge in [0.15, 0.2) is 16.7 Å². The lowest BCUT2D eigenvalue weighted by molar-refractivity contribution is -0.767. The van der Waals surface area contributed by atoms with Gasteiger partial charge in [-0.05, 0) is 30.0 Å². The van der Waals surface area contributed by atoms with Gasteiger partial charge in [-0.2, -0.15) is 0 Å². The van der Waals surface area contributed by atoms with Gasteiger partial charge in [-0.1, -0.05) is 73.5 Å². The Balaban J connectivity index is 1.75. The van der Waals surface area contributed by atoms with Gasteiger partial charge in [0, 0.05) is 31.9 Å². The van der Waals surface area contributed by atoms with E-state index in [1.165, 1.54) is 13.8 Å². The number of aromatic nitrogens is 2. The quantitative estimate of drug-likeness (QED) is 0.0378. The number of esters is 1. The molecule has 0 saturated heterocycles. The largest absolute Gasteiger partial charge is 0.511 e. The fourth-order valence-electron chi connectivity index (χ4n) is 4.33. The predicted molar refractivity (Wildman–Crippen MR) is 164 cm³/mol. The van der Waals surface area contributed by atoms with E-state index in [2.05, 4.69) is 20.5 Å². The van der Waals surface area contributed by atoms with Gasteiger partial charge in [0.25, 0.3) is 5.09 Å². The molecule has 1 heterocycles. The summed E-state index contributed by atoms with van der Waals surface area (Å²) in [5.41, 5.74) is 11.6. The summed E-state index contributed by atoms with van der Waals surface area (Å²) in [6, 6.07) is 15.2. The minimum atomic E-state index is -1.33. The van der Waals surface area contributed by atoms with Crippen molar-refractivity contribution in [3.05, 3.63) is 86.4 Å². The summed E-state index contributed by atoms with van der Waals surface area (Å²) in [6.07, 6.45) is -0.905. The Bertz CT molecular complexity index is 1500. The number of amidine groups is 1. The lowest BCUT2D eigenvalue weighted by Crippen LogP contribution is -2.25. The fourth-order valence-corrected chi connectivity index (χ4v) is 4.60. The van der Waals surface area contributed by atoms with Crippen molar-refractivity contribution < 1.29 is 33.7 Å². The maximum Gasteiger partial charge on any atom is 0.511 e. The topological polar surface area (TPSA) is 208 Å². The molecule has 0 spiro atoms. The van der Waals surface area contributed by atoms with Crippen molar-refractivity contribution >= 4 is 29.6 Å². The Labute approximate surface area is 264 Å². The van der Waals surface area contributed by atoms with Crippen LogP contribution in [0, 0.1) is 10.1 Å². The number of rotatable bonds is 16. The van der Waals surface area contributed by atoms with Crippen LogP contribution in [0.25, 0.3) is 11.1 Å². The third kappa shape index (κ3) is 10.1. The van der Waals surface area contributed by atoms with E-state index >= 15 is 0 Å². The zero-order chi connectivity index (χ0) is 32.9. The highest BCUT2D eigenvalue weighted by Crippen LogP contribution is 2.26. The Morgan fingerprint density at radius 3 is 2.53 bits per heavy atom. The van der Waals surface area contributed by atoms with Crippen molar-refractivity contribution in [2.75, 3.05) is 6.61 Å². The fraction of sp³-hybridized carbons (Fsp3) is 0.379. The molecule has 0 aliphatic carbocycles. The Morgan fingerprint density at radius 1 is 1.16 bits per heavy atom. The van der Waals surface area contributed by atoms with E-state index < -0.39 is 29.6 Å². The van der Waals surface area contributed by atoms with Crippen LogP contribution in [0.4, 0.5) is 4.79 Å². The molecule has 3 aromatic rings. The second kappa shape index (κ2) is 16.8. The number of unbranched alkanes of at least 4 members (excludes halogenated alkanes) is 1. The van der Waals surface area contributed by atoms with Crippen LogP contribution in [0.1, 0.15) is 67.5 Å². The number of hydrazone groups is 1. The van der Waals surface area contributed by atoms with E-state index in [0.717, 1.165) is 29.5 Å². The summed E-state index contributed by atoms with van der Waals surface area (Å²) in [5.74, 6) is 5.28. The highest BCUT2D eigenvalue weighted by atomic mass is 35.5. The van der Waals surface area contributed by atoms with Crippen LogP contribution in [0.2, 0.25) is 5.15 Å². The Kier molecular flexibility index (Phi) is 12.9. The molecule has 0 bridgehead atoms. The average Bonchev–Trinajstić information content (AvgIpc) is 3.30. The van der Waals surface area contributed by atoms with Gasteiger partial charge in [0.05, 0.1) is 6.61 Å². The van der Waals surface area contributed by atoms with E-state index in [9.17, 15) is 19.7 Å². The number of hydrazine groups is 1. The van der Waals surface area contributed by atoms with E-state index in [-0.39, 0.29) is 36.3 Å². The van der Waals surface area contributed by atoms with E-state index in [1.807, 2.05) is 55.5 Å². The van der Waals surface area contributed by atoms with Gasteiger partial charge in [0.2, 0.25) is 6.29 Å². The van der Waals surface area contributed by atoms with Crippen molar-refractivity contribution in [3.8, 4) is 11.1 Å². The first-order valence-electron chi connectivity index (χ1n) is 14.1. The van der Waals surface area contributed by atoms with Crippen LogP contribution in [-0.2, 0) is 32.0 Å². The number of hydrogen-bond acceptors (Lipinski definition) is 12. The molecule has 0 saturated carbocycles. The molecule has 5 N–H and O–H groups in total. The number of nitrogens with two attached hydrogens (primary N) is 2. The molecule has 0 aliphatic rings. The van der Waals surface area contributed by atoms with Crippen molar-refractivity contribution in [3.63, 3.8) is 0 Å². The van der Waals surface area contributed by atoms with Gasteiger partial charge >= 0.3 is 12.1 Å². The molecule has 2 aromatic carbocycles. The summed E-state index contributed by atoms with van der Waals surface area (Å²) in [4.78, 5) is 44.4. The molecule has 0 radical (unpaired) electrons. The molecule has 45 heavy (non-hydrogen) atoms. The molecular formula is C29H36ClN7O8.